The predicted molar refractivity (Wildman–Crippen MR) is 48.0 cm³/mol. The Bertz CT molecular complexity index is 409. The Kier molecular flexibility index (Phi) is 1.96. The molecule has 14 heavy (non-hydrogen) atoms. The molecule has 4 nitrogen and oxygen atoms in total. The molecular formula is C10H8O4. The van der Waals surface area contributed by atoms with Gasteiger partial charge in [-0.15, -0.1) is 0 Å². The molecule has 1 aromatic carbocycles. The lowest BCUT2D eigenvalue weighted by Crippen LogP contribution is -2.01. The minimum atomic E-state index is -1.06. The molecule has 0 saturated carbocycles. The SMILES string of the molecule is O=Cc1cc2c(c(C(=O)O)c1)OCC2. The number of fused-ring (bicyclic) bond motifs is 1. The molecule has 0 aliphatic carbocycles. The summed E-state index contributed by atoms with van der Waals surface area (Å²) >= 11 is 0. The Morgan fingerprint density at radius 1 is 1.50 bits per heavy atom. The number of hydrogen-bond acceptors (Lipinski definition) is 3. The van der Waals surface area contributed by atoms with Gasteiger partial charge < -0.3 is 9.84 Å². The number of rotatable bonds is 2. The van der Waals surface area contributed by atoms with E-state index in [0.717, 1.165) is 5.56 Å². The fourth-order valence-electron chi connectivity index (χ4n) is 1.56. The lowest BCUT2D eigenvalue weighted by atomic mass is 10.0. The molecule has 1 aliphatic heterocycles. The molecule has 1 heterocycles. The second-order valence-corrected chi connectivity index (χ2v) is 3.08. The number of carboxylic acid groups (broad SMARTS) is 1. The summed E-state index contributed by atoms with van der Waals surface area (Å²) in [6.07, 6.45) is 1.31. The molecule has 0 bridgehead atoms. The maximum Gasteiger partial charge on any atom is 0.339 e. The first-order chi connectivity index (χ1) is 6.72. The van der Waals surface area contributed by atoms with Gasteiger partial charge in [-0.2, -0.15) is 0 Å². The zero-order valence-electron chi connectivity index (χ0n) is 7.32. The van der Waals surface area contributed by atoms with Crippen molar-refractivity contribution >= 4 is 12.3 Å². The summed E-state index contributed by atoms with van der Waals surface area (Å²) in [7, 11) is 0. The largest absolute Gasteiger partial charge is 0.492 e. The second-order valence-electron chi connectivity index (χ2n) is 3.08. The molecular weight excluding hydrogens is 184 g/mol. The molecule has 0 aromatic heterocycles. The topological polar surface area (TPSA) is 63.6 Å². The molecule has 0 fully saturated rings. The molecule has 0 unspecified atom stereocenters. The fourth-order valence-corrected chi connectivity index (χ4v) is 1.56. The van der Waals surface area contributed by atoms with E-state index in [9.17, 15) is 9.59 Å². The molecule has 0 radical (unpaired) electrons. The van der Waals surface area contributed by atoms with Gasteiger partial charge in [0.1, 0.15) is 17.6 Å². The van der Waals surface area contributed by atoms with Gasteiger partial charge in [-0.1, -0.05) is 0 Å². The highest BCUT2D eigenvalue weighted by Gasteiger charge is 2.21. The van der Waals surface area contributed by atoms with Gasteiger partial charge in [0.25, 0.3) is 0 Å². The number of aldehydes is 1. The van der Waals surface area contributed by atoms with Crippen molar-refractivity contribution in [3.8, 4) is 5.75 Å². The van der Waals surface area contributed by atoms with Crippen molar-refractivity contribution in [1.29, 1.82) is 0 Å². The van der Waals surface area contributed by atoms with Gasteiger partial charge in [0.05, 0.1) is 6.61 Å². The van der Waals surface area contributed by atoms with E-state index < -0.39 is 5.97 Å². The van der Waals surface area contributed by atoms with Crippen LogP contribution in [0.1, 0.15) is 26.3 Å². The second kappa shape index (κ2) is 3.14. The lowest BCUT2D eigenvalue weighted by molar-refractivity contribution is 0.0693. The van der Waals surface area contributed by atoms with Crippen LogP contribution in [0, 0.1) is 0 Å². The number of carboxylic acids is 1. The summed E-state index contributed by atoms with van der Waals surface area (Å²) in [4.78, 5) is 21.4. The van der Waals surface area contributed by atoms with Crippen molar-refractivity contribution in [3.63, 3.8) is 0 Å². The minimum absolute atomic E-state index is 0.0714. The maximum atomic E-state index is 10.8. The number of benzene rings is 1. The molecule has 1 aliphatic rings. The fraction of sp³-hybridized carbons (Fsp3) is 0.200. The Morgan fingerprint density at radius 3 is 2.93 bits per heavy atom. The molecule has 4 heteroatoms. The maximum absolute atomic E-state index is 10.8. The minimum Gasteiger partial charge on any atom is -0.492 e. The first-order valence-electron chi connectivity index (χ1n) is 4.20. The van der Waals surface area contributed by atoms with Crippen LogP contribution in [0.5, 0.6) is 5.75 Å². The van der Waals surface area contributed by atoms with E-state index in [0.29, 0.717) is 30.6 Å². The van der Waals surface area contributed by atoms with Crippen molar-refractivity contribution in [2.24, 2.45) is 0 Å². The van der Waals surface area contributed by atoms with E-state index in [1.54, 1.807) is 6.07 Å². The zero-order chi connectivity index (χ0) is 10.1. The molecule has 2 rings (SSSR count). The third-order valence-electron chi connectivity index (χ3n) is 2.17. The van der Waals surface area contributed by atoms with E-state index in [1.807, 2.05) is 0 Å². The van der Waals surface area contributed by atoms with Crippen LogP contribution >= 0.6 is 0 Å². The first kappa shape index (κ1) is 8.74. The van der Waals surface area contributed by atoms with Gasteiger partial charge in [0.15, 0.2) is 0 Å². The van der Waals surface area contributed by atoms with Crippen LogP contribution in [0.25, 0.3) is 0 Å². The van der Waals surface area contributed by atoms with Gasteiger partial charge in [0, 0.05) is 12.0 Å². The van der Waals surface area contributed by atoms with E-state index >= 15 is 0 Å². The molecule has 0 amide bonds. The van der Waals surface area contributed by atoms with Crippen molar-refractivity contribution in [3.05, 3.63) is 28.8 Å². The summed E-state index contributed by atoms with van der Waals surface area (Å²) in [5.41, 5.74) is 1.25. The molecule has 0 saturated heterocycles. The van der Waals surface area contributed by atoms with E-state index in [1.165, 1.54) is 6.07 Å². The predicted octanol–water partition coefficient (Wildman–Crippen LogP) is 1.13. The normalized spacial score (nSPS) is 13.1. The molecule has 0 spiro atoms. The van der Waals surface area contributed by atoms with E-state index in [2.05, 4.69) is 0 Å². The zero-order valence-corrected chi connectivity index (χ0v) is 7.32. The smallest absolute Gasteiger partial charge is 0.339 e. The summed E-state index contributed by atoms with van der Waals surface area (Å²) < 4.78 is 5.19. The van der Waals surface area contributed by atoms with Gasteiger partial charge in [-0.25, -0.2) is 4.79 Å². The Balaban J connectivity index is 2.63. The van der Waals surface area contributed by atoms with Crippen LogP contribution < -0.4 is 4.74 Å². The van der Waals surface area contributed by atoms with Gasteiger partial charge in [0.2, 0.25) is 0 Å². The number of ether oxygens (including phenoxy) is 1. The lowest BCUT2D eigenvalue weighted by Gasteiger charge is -2.04. The van der Waals surface area contributed by atoms with Gasteiger partial charge in [-0.3, -0.25) is 4.79 Å². The Morgan fingerprint density at radius 2 is 2.29 bits per heavy atom. The first-order valence-corrected chi connectivity index (χ1v) is 4.20. The van der Waals surface area contributed by atoms with Crippen molar-refractivity contribution in [1.82, 2.24) is 0 Å². The highest BCUT2D eigenvalue weighted by molar-refractivity contribution is 5.94. The highest BCUT2D eigenvalue weighted by atomic mass is 16.5. The summed E-state index contributed by atoms with van der Waals surface area (Å²) in [5.74, 6) is -0.657. The third kappa shape index (κ3) is 1.25. The van der Waals surface area contributed by atoms with Crippen molar-refractivity contribution in [2.75, 3.05) is 6.61 Å². The van der Waals surface area contributed by atoms with Crippen LogP contribution in [0.3, 0.4) is 0 Å². The van der Waals surface area contributed by atoms with Crippen molar-refractivity contribution < 1.29 is 19.4 Å². The van der Waals surface area contributed by atoms with Crippen LogP contribution in [-0.4, -0.2) is 24.0 Å². The number of carbonyl (C=O) groups excluding carboxylic acids is 1. The monoisotopic (exact) mass is 192 g/mol. The average molecular weight is 192 g/mol. The van der Waals surface area contributed by atoms with Crippen molar-refractivity contribution in [2.45, 2.75) is 6.42 Å². The standard InChI is InChI=1S/C10H8O4/c11-5-6-3-7-1-2-14-9(7)8(4-6)10(12)13/h3-5H,1-2H2,(H,12,13). The number of hydrogen-bond donors (Lipinski definition) is 1. The molecule has 1 aromatic rings. The summed E-state index contributed by atoms with van der Waals surface area (Å²) in [6.45, 7) is 0.484. The van der Waals surface area contributed by atoms with E-state index in [4.69, 9.17) is 9.84 Å². The quantitative estimate of drug-likeness (QED) is 0.713. The average Bonchev–Trinajstić information content (AvgIpc) is 2.63. The summed E-state index contributed by atoms with van der Waals surface area (Å²) in [5, 5.41) is 8.87. The Labute approximate surface area is 80.1 Å². The summed E-state index contributed by atoms with van der Waals surface area (Å²) in [6, 6.07) is 3.00. The molecule has 1 N–H and O–H groups in total. The van der Waals surface area contributed by atoms with Gasteiger partial charge in [-0.05, 0) is 17.7 Å². The van der Waals surface area contributed by atoms with Crippen LogP contribution in [0.15, 0.2) is 12.1 Å². The van der Waals surface area contributed by atoms with Crippen LogP contribution in [0.2, 0.25) is 0 Å². The van der Waals surface area contributed by atoms with Gasteiger partial charge >= 0.3 is 5.97 Å². The number of aromatic carboxylic acids is 1. The molecule has 72 valence electrons. The van der Waals surface area contributed by atoms with Crippen LogP contribution in [0.4, 0.5) is 0 Å². The Hall–Kier alpha value is -1.84. The highest BCUT2D eigenvalue weighted by Crippen LogP contribution is 2.30. The number of carbonyl (C=O) groups is 2. The van der Waals surface area contributed by atoms with Crippen LogP contribution in [-0.2, 0) is 6.42 Å². The third-order valence-corrected chi connectivity index (χ3v) is 2.17. The molecule has 0 atom stereocenters. The van der Waals surface area contributed by atoms with E-state index in [-0.39, 0.29) is 5.56 Å².